The van der Waals surface area contributed by atoms with Gasteiger partial charge in [-0.15, -0.1) is 0 Å². The molecule has 1 N–H and O–H groups in total. The fourth-order valence-electron chi connectivity index (χ4n) is 2.99. The van der Waals surface area contributed by atoms with Crippen LogP contribution in [0.25, 0.3) is 0 Å². The van der Waals surface area contributed by atoms with Crippen molar-refractivity contribution >= 4 is 23.2 Å². The first kappa shape index (κ1) is 14.9. The van der Waals surface area contributed by atoms with Gasteiger partial charge < -0.3 is 5.32 Å². The largest absolute Gasteiger partial charge is 0.307 e. The van der Waals surface area contributed by atoms with Gasteiger partial charge in [-0.25, -0.2) is 0 Å². The van der Waals surface area contributed by atoms with Crippen LogP contribution < -0.4 is 5.32 Å². The topological polar surface area (TPSA) is 12.0 Å². The predicted octanol–water partition coefficient (Wildman–Crippen LogP) is 5.59. The van der Waals surface area contributed by atoms with Gasteiger partial charge >= 0.3 is 0 Å². The molecule has 110 valence electrons. The molecule has 21 heavy (non-hydrogen) atoms. The van der Waals surface area contributed by atoms with Gasteiger partial charge in [0.15, 0.2) is 0 Å². The van der Waals surface area contributed by atoms with Gasteiger partial charge in [-0.1, -0.05) is 47.5 Å². The maximum absolute atomic E-state index is 6.06. The Morgan fingerprint density at radius 1 is 1.00 bits per heavy atom. The Hall–Kier alpha value is -1.02. The molecule has 1 atom stereocenters. The molecule has 1 aliphatic carbocycles. The number of halogens is 2. The molecule has 1 saturated carbocycles. The second-order valence-corrected chi connectivity index (χ2v) is 6.73. The normalized spacial score (nSPS) is 22.6. The van der Waals surface area contributed by atoms with Crippen LogP contribution in [0.3, 0.4) is 0 Å². The average molecular weight is 320 g/mol. The molecule has 0 unspecified atom stereocenters. The zero-order valence-electron chi connectivity index (χ0n) is 12.0. The molecule has 2 aromatic rings. The highest BCUT2D eigenvalue weighted by Crippen LogP contribution is 2.38. The van der Waals surface area contributed by atoms with Gasteiger partial charge in [-0.05, 0) is 61.1 Å². The summed E-state index contributed by atoms with van der Waals surface area (Å²) in [5.74, 6) is 0.638. The van der Waals surface area contributed by atoms with Crippen LogP contribution in [0.2, 0.25) is 10.0 Å². The summed E-state index contributed by atoms with van der Waals surface area (Å²) in [5.41, 5.74) is 2.64. The molecule has 0 spiro atoms. The van der Waals surface area contributed by atoms with E-state index >= 15 is 0 Å². The van der Waals surface area contributed by atoms with Gasteiger partial charge in [-0.3, -0.25) is 0 Å². The number of rotatable bonds is 4. The molecule has 2 aromatic carbocycles. The zero-order valence-corrected chi connectivity index (χ0v) is 13.5. The third-order valence-electron chi connectivity index (χ3n) is 4.31. The number of hydrogen-bond acceptors (Lipinski definition) is 1. The summed E-state index contributed by atoms with van der Waals surface area (Å²) in [6.07, 6.45) is 2.36. The second kappa shape index (κ2) is 6.39. The van der Waals surface area contributed by atoms with Crippen molar-refractivity contribution in [2.45, 2.75) is 37.8 Å². The molecule has 3 heteroatoms. The van der Waals surface area contributed by atoms with Crippen molar-refractivity contribution in [2.24, 2.45) is 0 Å². The number of nitrogens with one attached hydrogen (secondary N) is 1. The number of hydrogen-bond donors (Lipinski definition) is 1. The lowest BCUT2D eigenvalue weighted by atomic mass is 9.75. The van der Waals surface area contributed by atoms with Gasteiger partial charge in [0.25, 0.3) is 0 Å². The molecule has 3 rings (SSSR count). The van der Waals surface area contributed by atoms with Crippen LogP contribution in [-0.4, -0.2) is 6.04 Å². The zero-order chi connectivity index (χ0) is 14.8. The molecular formula is C18H19Cl2N. The third kappa shape index (κ3) is 3.60. The summed E-state index contributed by atoms with van der Waals surface area (Å²) in [7, 11) is 0. The van der Waals surface area contributed by atoms with E-state index in [1.54, 1.807) is 0 Å². The quantitative estimate of drug-likeness (QED) is 0.774. The van der Waals surface area contributed by atoms with E-state index in [0.29, 0.717) is 18.0 Å². The van der Waals surface area contributed by atoms with E-state index in [4.69, 9.17) is 23.2 Å². The predicted molar refractivity (Wildman–Crippen MR) is 90.2 cm³/mol. The lowest BCUT2D eigenvalue weighted by molar-refractivity contribution is 0.271. The molecule has 0 saturated heterocycles. The molecule has 1 nitrogen and oxygen atoms in total. The highest BCUT2D eigenvalue weighted by Gasteiger charge is 2.31. The van der Waals surface area contributed by atoms with Crippen LogP contribution in [0.1, 0.15) is 42.9 Å². The molecule has 0 heterocycles. The van der Waals surface area contributed by atoms with E-state index in [1.807, 2.05) is 24.3 Å². The smallest absolute Gasteiger partial charge is 0.0408 e. The van der Waals surface area contributed by atoms with Crippen LogP contribution in [0.4, 0.5) is 0 Å². The molecule has 0 aromatic heterocycles. The van der Waals surface area contributed by atoms with E-state index in [2.05, 4.69) is 36.5 Å². The first-order valence-electron chi connectivity index (χ1n) is 7.39. The summed E-state index contributed by atoms with van der Waals surface area (Å²) in [5, 5.41) is 5.31. The highest BCUT2D eigenvalue weighted by molar-refractivity contribution is 6.30. The lowest BCUT2D eigenvalue weighted by Crippen LogP contribution is -2.41. The van der Waals surface area contributed by atoms with Crippen LogP contribution in [0, 0.1) is 0 Å². The molecule has 0 aliphatic heterocycles. The maximum atomic E-state index is 6.06. The molecule has 0 bridgehead atoms. The fraction of sp³-hybridized carbons (Fsp3) is 0.333. The molecule has 0 radical (unpaired) electrons. The van der Waals surface area contributed by atoms with Crippen LogP contribution in [0.5, 0.6) is 0 Å². The van der Waals surface area contributed by atoms with Crippen molar-refractivity contribution in [3.05, 3.63) is 69.7 Å². The molecular weight excluding hydrogens is 301 g/mol. The fourth-order valence-corrected chi connectivity index (χ4v) is 3.31. The van der Waals surface area contributed by atoms with E-state index in [1.165, 1.54) is 24.0 Å². The summed E-state index contributed by atoms with van der Waals surface area (Å²) < 4.78 is 0. The maximum Gasteiger partial charge on any atom is 0.0408 e. The first-order valence-corrected chi connectivity index (χ1v) is 8.14. The second-order valence-electron chi connectivity index (χ2n) is 5.86. The minimum absolute atomic E-state index is 0.354. The van der Waals surface area contributed by atoms with E-state index in [9.17, 15) is 0 Å². The minimum atomic E-state index is 0.354. The van der Waals surface area contributed by atoms with Crippen LogP contribution in [0.15, 0.2) is 48.5 Å². The van der Waals surface area contributed by atoms with Crippen molar-refractivity contribution in [1.82, 2.24) is 5.32 Å². The Kier molecular flexibility index (Phi) is 4.54. The SMILES string of the molecule is C[C@@H](NC1CC(c2cccc(Cl)c2)C1)c1ccc(Cl)cc1. The standard InChI is InChI=1S/C18H19Cl2N/c1-12(13-5-7-16(19)8-6-13)21-18-10-15(11-18)14-3-2-4-17(20)9-14/h2-9,12,15,18,21H,10-11H2,1H3/t12-,15?,18?/m1/s1. The Labute approximate surface area is 136 Å². The van der Waals surface area contributed by atoms with Gasteiger partial charge in [0, 0.05) is 22.1 Å². The number of benzene rings is 2. The van der Waals surface area contributed by atoms with E-state index in [-0.39, 0.29) is 0 Å². The van der Waals surface area contributed by atoms with Crippen molar-refractivity contribution in [1.29, 1.82) is 0 Å². The van der Waals surface area contributed by atoms with Crippen molar-refractivity contribution < 1.29 is 0 Å². The van der Waals surface area contributed by atoms with Crippen molar-refractivity contribution in [2.75, 3.05) is 0 Å². The molecule has 1 fully saturated rings. The lowest BCUT2D eigenvalue weighted by Gasteiger charge is -2.38. The summed E-state index contributed by atoms with van der Waals surface area (Å²) >= 11 is 12.0. The average Bonchev–Trinajstić information content (AvgIpc) is 2.43. The summed E-state index contributed by atoms with van der Waals surface area (Å²) in [6.45, 7) is 2.20. The van der Waals surface area contributed by atoms with Gasteiger partial charge in [-0.2, -0.15) is 0 Å². The van der Waals surface area contributed by atoms with Crippen LogP contribution >= 0.6 is 23.2 Å². The van der Waals surface area contributed by atoms with Crippen molar-refractivity contribution in [3.63, 3.8) is 0 Å². The third-order valence-corrected chi connectivity index (χ3v) is 4.80. The Morgan fingerprint density at radius 3 is 2.38 bits per heavy atom. The summed E-state index contributed by atoms with van der Waals surface area (Å²) in [6, 6.07) is 17.2. The van der Waals surface area contributed by atoms with Crippen molar-refractivity contribution in [3.8, 4) is 0 Å². The monoisotopic (exact) mass is 319 g/mol. The Morgan fingerprint density at radius 2 is 1.71 bits per heavy atom. The molecule has 0 amide bonds. The Bertz CT molecular complexity index is 603. The Balaban J connectivity index is 1.54. The highest BCUT2D eigenvalue weighted by atomic mass is 35.5. The van der Waals surface area contributed by atoms with Gasteiger partial charge in [0.05, 0.1) is 0 Å². The van der Waals surface area contributed by atoms with E-state index in [0.717, 1.165) is 10.0 Å². The minimum Gasteiger partial charge on any atom is -0.307 e. The molecule has 1 aliphatic rings. The van der Waals surface area contributed by atoms with Gasteiger partial charge in [0.2, 0.25) is 0 Å². The first-order chi connectivity index (χ1) is 10.1. The van der Waals surface area contributed by atoms with E-state index < -0.39 is 0 Å². The van der Waals surface area contributed by atoms with Crippen LogP contribution in [-0.2, 0) is 0 Å². The summed E-state index contributed by atoms with van der Waals surface area (Å²) in [4.78, 5) is 0. The van der Waals surface area contributed by atoms with Gasteiger partial charge in [0.1, 0.15) is 0 Å².